The smallest absolute Gasteiger partial charge is 0.143 e. The van der Waals surface area contributed by atoms with E-state index in [-0.39, 0.29) is 0 Å². The molecule has 0 amide bonds. The summed E-state index contributed by atoms with van der Waals surface area (Å²) in [6, 6.07) is 79.9. The fourth-order valence-corrected chi connectivity index (χ4v) is 8.56. The highest BCUT2D eigenvalue weighted by atomic mass is 16.3. The number of nitrogens with zero attached hydrogens (tertiary/aromatic N) is 3. The normalized spacial score (nSPS) is 11.4. The van der Waals surface area contributed by atoms with Crippen LogP contribution >= 0.6 is 0 Å². The van der Waals surface area contributed by atoms with Crippen LogP contribution in [0.1, 0.15) is 0 Å². The van der Waals surface area contributed by atoms with Crippen molar-refractivity contribution in [3.8, 4) is 16.8 Å². The van der Waals surface area contributed by atoms with E-state index in [1.807, 2.05) is 12.1 Å². The van der Waals surface area contributed by atoms with Gasteiger partial charge >= 0.3 is 0 Å². The van der Waals surface area contributed by atoms with Crippen LogP contribution in [0.25, 0.3) is 60.6 Å². The van der Waals surface area contributed by atoms with Crippen LogP contribution in [-0.4, -0.2) is 4.57 Å². The molecule has 9 aromatic carbocycles. The fraction of sp³-hybridized carbons (Fsp3) is 0. The number of para-hydroxylation sites is 7. The molecule has 0 saturated heterocycles. The summed E-state index contributed by atoms with van der Waals surface area (Å²) in [6.07, 6.45) is 0. The lowest BCUT2D eigenvalue weighted by Gasteiger charge is -2.30. The third-order valence-electron chi connectivity index (χ3n) is 11.1. The van der Waals surface area contributed by atoms with E-state index in [1.54, 1.807) is 0 Å². The Hall–Kier alpha value is -7.82. The summed E-state index contributed by atoms with van der Waals surface area (Å²) in [5.74, 6) is 0. The van der Waals surface area contributed by atoms with Crippen molar-refractivity contribution in [2.75, 3.05) is 9.80 Å². The first-order valence-electron chi connectivity index (χ1n) is 19.7. The third kappa shape index (κ3) is 5.70. The molecule has 11 rings (SSSR count). The predicted octanol–water partition coefficient (Wildman–Crippen LogP) is 15.3. The molecule has 11 aromatic rings. The first-order valence-corrected chi connectivity index (χ1v) is 19.7. The average molecular weight is 744 g/mol. The summed E-state index contributed by atoms with van der Waals surface area (Å²) in [4.78, 5) is 4.71. The van der Waals surface area contributed by atoms with Crippen molar-refractivity contribution in [3.05, 3.63) is 224 Å². The molecule has 0 N–H and O–H groups in total. The minimum atomic E-state index is 0.899. The Bertz CT molecular complexity index is 3130. The molecule has 2 aromatic heterocycles. The molecule has 0 aliphatic rings. The topological polar surface area (TPSA) is 24.6 Å². The van der Waals surface area contributed by atoms with E-state index in [0.29, 0.717) is 0 Å². The van der Waals surface area contributed by atoms with Crippen LogP contribution in [0.3, 0.4) is 0 Å². The lowest BCUT2D eigenvalue weighted by molar-refractivity contribution is 0.670. The standard InChI is InChI=1S/C54H37N3O/c1-4-17-39(18-5-1)55(40-19-6-2-7-20-40)43-35-44(37-45(36-43)57-51-28-13-10-23-47(51)48-24-11-14-29-52(48)57)56(41-21-8-3-9-22-41)42-33-31-38(32-34-42)46-26-16-27-50-49-25-12-15-30-53(49)58-54(46)50/h1-37H. The van der Waals surface area contributed by atoms with Gasteiger partial charge in [-0.05, 0) is 90.5 Å². The Morgan fingerprint density at radius 1 is 0.328 bits per heavy atom. The highest BCUT2D eigenvalue weighted by Crippen LogP contribution is 2.44. The Labute approximate surface area is 336 Å². The van der Waals surface area contributed by atoms with Crippen molar-refractivity contribution in [1.82, 2.24) is 4.57 Å². The number of rotatable bonds is 8. The number of hydrogen-bond donors (Lipinski definition) is 0. The van der Waals surface area contributed by atoms with Crippen LogP contribution < -0.4 is 9.80 Å². The SMILES string of the molecule is c1ccc(N(c2ccccc2)c2cc(N(c3ccccc3)c3ccc(-c4cccc5c4oc4ccccc45)cc3)cc(-n3c4ccccc4c4ccccc43)c2)cc1. The van der Waals surface area contributed by atoms with E-state index in [1.165, 1.54) is 10.8 Å². The summed E-state index contributed by atoms with van der Waals surface area (Å²) in [5.41, 5.74) is 13.7. The van der Waals surface area contributed by atoms with E-state index in [4.69, 9.17) is 4.42 Å². The van der Waals surface area contributed by atoms with Crippen LogP contribution in [-0.2, 0) is 0 Å². The van der Waals surface area contributed by atoms with Gasteiger partial charge in [0.1, 0.15) is 11.2 Å². The van der Waals surface area contributed by atoms with Gasteiger partial charge in [-0.1, -0.05) is 140 Å². The zero-order chi connectivity index (χ0) is 38.4. The van der Waals surface area contributed by atoms with Gasteiger partial charge in [0.2, 0.25) is 0 Å². The molecule has 0 spiro atoms. The number of furan rings is 1. The lowest BCUT2D eigenvalue weighted by atomic mass is 10.0. The van der Waals surface area contributed by atoms with Gasteiger partial charge in [-0.15, -0.1) is 0 Å². The molecule has 4 nitrogen and oxygen atoms in total. The van der Waals surface area contributed by atoms with Crippen LogP contribution in [0.4, 0.5) is 34.1 Å². The Kier molecular flexibility index (Phi) is 8.11. The molecule has 2 heterocycles. The van der Waals surface area contributed by atoms with E-state index < -0.39 is 0 Å². The van der Waals surface area contributed by atoms with Crippen molar-refractivity contribution in [2.24, 2.45) is 0 Å². The highest BCUT2D eigenvalue weighted by Gasteiger charge is 2.21. The number of benzene rings is 9. The molecule has 0 saturated carbocycles. The molecule has 0 aliphatic heterocycles. The van der Waals surface area contributed by atoms with Crippen molar-refractivity contribution < 1.29 is 4.42 Å². The Morgan fingerprint density at radius 3 is 1.33 bits per heavy atom. The van der Waals surface area contributed by atoms with E-state index in [0.717, 1.165) is 83.9 Å². The zero-order valence-corrected chi connectivity index (χ0v) is 31.6. The maximum Gasteiger partial charge on any atom is 0.143 e. The predicted molar refractivity (Wildman–Crippen MR) is 243 cm³/mol. The van der Waals surface area contributed by atoms with E-state index >= 15 is 0 Å². The van der Waals surface area contributed by atoms with Crippen LogP contribution in [0.15, 0.2) is 229 Å². The van der Waals surface area contributed by atoms with Gasteiger partial charge < -0.3 is 18.8 Å². The minimum absolute atomic E-state index is 0.899. The molecule has 0 atom stereocenters. The molecule has 0 fully saturated rings. The van der Waals surface area contributed by atoms with E-state index in [9.17, 15) is 0 Å². The van der Waals surface area contributed by atoms with Gasteiger partial charge in [-0.2, -0.15) is 0 Å². The molecule has 0 radical (unpaired) electrons. The quantitative estimate of drug-likeness (QED) is 0.155. The molecule has 0 unspecified atom stereocenters. The first-order chi connectivity index (χ1) is 28.8. The highest BCUT2D eigenvalue weighted by molar-refractivity contribution is 6.10. The van der Waals surface area contributed by atoms with Gasteiger partial charge in [0.05, 0.1) is 28.1 Å². The second kappa shape index (κ2) is 14.0. The van der Waals surface area contributed by atoms with Gasteiger partial charge in [0, 0.05) is 49.9 Å². The maximum absolute atomic E-state index is 6.46. The molecule has 0 aliphatic carbocycles. The van der Waals surface area contributed by atoms with Crippen LogP contribution in [0.2, 0.25) is 0 Å². The number of fused-ring (bicyclic) bond motifs is 6. The number of anilines is 6. The summed E-state index contributed by atoms with van der Waals surface area (Å²) >= 11 is 0. The fourth-order valence-electron chi connectivity index (χ4n) is 8.56. The van der Waals surface area contributed by atoms with Gasteiger partial charge in [0.25, 0.3) is 0 Å². The first kappa shape index (κ1) is 33.5. The lowest BCUT2D eigenvalue weighted by Crippen LogP contribution is -2.14. The third-order valence-corrected chi connectivity index (χ3v) is 11.1. The summed E-state index contributed by atoms with van der Waals surface area (Å²) in [7, 11) is 0. The summed E-state index contributed by atoms with van der Waals surface area (Å²) in [6.45, 7) is 0. The van der Waals surface area contributed by atoms with Crippen molar-refractivity contribution in [3.63, 3.8) is 0 Å². The maximum atomic E-state index is 6.46. The van der Waals surface area contributed by atoms with Crippen LogP contribution in [0.5, 0.6) is 0 Å². The van der Waals surface area contributed by atoms with E-state index in [2.05, 4.69) is 227 Å². The monoisotopic (exact) mass is 743 g/mol. The molecule has 58 heavy (non-hydrogen) atoms. The number of aromatic nitrogens is 1. The molecule has 0 bridgehead atoms. The second-order valence-electron chi connectivity index (χ2n) is 14.6. The summed E-state index contributed by atoms with van der Waals surface area (Å²) < 4.78 is 8.86. The van der Waals surface area contributed by atoms with Gasteiger partial charge in [-0.3, -0.25) is 0 Å². The second-order valence-corrected chi connectivity index (χ2v) is 14.6. The minimum Gasteiger partial charge on any atom is -0.455 e. The van der Waals surface area contributed by atoms with Crippen molar-refractivity contribution in [2.45, 2.75) is 0 Å². The zero-order valence-electron chi connectivity index (χ0n) is 31.6. The summed E-state index contributed by atoms with van der Waals surface area (Å²) in [5, 5.41) is 4.70. The van der Waals surface area contributed by atoms with Crippen molar-refractivity contribution >= 4 is 77.9 Å². The van der Waals surface area contributed by atoms with Crippen LogP contribution in [0, 0.1) is 0 Å². The Balaban J connectivity index is 1.14. The Morgan fingerprint density at radius 2 is 0.776 bits per heavy atom. The average Bonchev–Trinajstić information content (AvgIpc) is 3.84. The van der Waals surface area contributed by atoms with Gasteiger partial charge in [0.15, 0.2) is 0 Å². The molecular formula is C54H37N3O. The molecule has 274 valence electrons. The molecule has 4 heteroatoms. The van der Waals surface area contributed by atoms with Gasteiger partial charge in [-0.25, -0.2) is 0 Å². The largest absolute Gasteiger partial charge is 0.455 e. The number of hydrogen-bond acceptors (Lipinski definition) is 3. The molecular weight excluding hydrogens is 707 g/mol. The van der Waals surface area contributed by atoms with Crippen molar-refractivity contribution in [1.29, 1.82) is 0 Å².